The van der Waals surface area contributed by atoms with Crippen molar-refractivity contribution < 1.29 is 4.79 Å². The van der Waals surface area contributed by atoms with Crippen LogP contribution >= 0.6 is 0 Å². The van der Waals surface area contributed by atoms with Crippen molar-refractivity contribution in [1.82, 2.24) is 4.90 Å². The molecule has 1 aliphatic heterocycles. The Morgan fingerprint density at radius 3 is 2.75 bits per heavy atom. The standard InChI is InChI=1S/C12H17N3O/c1-5-9(2)6-7-12-14-8-13-10(3)15(12)11(4)16/h6-8H,5H2,1-4H3/b9-6+,12-7-. The molecule has 4 nitrogen and oxygen atoms in total. The Hall–Kier alpha value is -1.71. The van der Waals surface area contributed by atoms with E-state index >= 15 is 0 Å². The van der Waals surface area contributed by atoms with Crippen molar-refractivity contribution in [3.63, 3.8) is 0 Å². The second-order valence-corrected chi connectivity index (χ2v) is 3.67. The first kappa shape index (κ1) is 12.4. The molecule has 0 aromatic heterocycles. The number of amidine groups is 1. The number of allylic oxidation sites excluding steroid dienone is 3. The minimum atomic E-state index is -0.0769. The number of hydrogen-bond donors (Lipinski definition) is 0. The third-order valence-corrected chi connectivity index (χ3v) is 2.38. The minimum Gasteiger partial charge on any atom is -0.274 e. The number of nitrogens with zero attached hydrogens (tertiary/aromatic N) is 3. The molecular formula is C12H17N3O. The summed E-state index contributed by atoms with van der Waals surface area (Å²) in [5.74, 6) is 1.19. The molecule has 0 N–H and O–H groups in total. The van der Waals surface area contributed by atoms with Gasteiger partial charge in [0.1, 0.15) is 18.0 Å². The highest BCUT2D eigenvalue weighted by Gasteiger charge is 2.18. The van der Waals surface area contributed by atoms with E-state index in [-0.39, 0.29) is 5.91 Å². The van der Waals surface area contributed by atoms with Crippen LogP contribution in [0.1, 0.15) is 34.1 Å². The molecule has 1 amide bonds. The quantitative estimate of drug-likeness (QED) is 0.703. The maximum Gasteiger partial charge on any atom is 0.230 e. The van der Waals surface area contributed by atoms with Gasteiger partial charge in [-0.15, -0.1) is 0 Å². The molecule has 0 fully saturated rings. The lowest BCUT2D eigenvalue weighted by Gasteiger charge is -2.22. The van der Waals surface area contributed by atoms with Gasteiger partial charge in [0, 0.05) is 6.92 Å². The summed E-state index contributed by atoms with van der Waals surface area (Å²) in [6, 6.07) is 0. The Morgan fingerprint density at radius 1 is 1.50 bits per heavy atom. The molecule has 0 aromatic rings. The van der Waals surface area contributed by atoms with E-state index in [1.54, 1.807) is 6.92 Å². The van der Waals surface area contributed by atoms with Gasteiger partial charge in [-0.2, -0.15) is 0 Å². The summed E-state index contributed by atoms with van der Waals surface area (Å²) in [4.78, 5) is 21.0. The van der Waals surface area contributed by atoms with Crippen molar-refractivity contribution in [3.05, 3.63) is 23.5 Å². The largest absolute Gasteiger partial charge is 0.274 e. The zero-order valence-electron chi connectivity index (χ0n) is 10.2. The molecule has 4 heteroatoms. The molecule has 0 atom stereocenters. The number of carbonyl (C=O) groups is 1. The van der Waals surface area contributed by atoms with Crippen LogP contribution in [0.2, 0.25) is 0 Å². The average molecular weight is 219 g/mol. The number of rotatable bonds is 2. The molecular weight excluding hydrogens is 202 g/mol. The molecule has 16 heavy (non-hydrogen) atoms. The lowest BCUT2D eigenvalue weighted by Crippen LogP contribution is -2.33. The van der Waals surface area contributed by atoms with Crippen LogP contribution in [0.15, 0.2) is 33.5 Å². The van der Waals surface area contributed by atoms with Gasteiger partial charge >= 0.3 is 0 Å². The Morgan fingerprint density at radius 2 is 2.19 bits per heavy atom. The van der Waals surface area contributed by atoms with E-state index in [1.165, 1.54) is 23.7 Å². The fourth-order valence-electron chi connectivity index (χ4n) is 1.29. The molecule has 0 spiro atoms. The van der Waals surface area contributed by atoms with Gasteiger partial charge in [-0.3, -0.25) is 9.69 Å². The minimum absolute atomic E-state index is 0.0769. The third-order valence-electron chi connectivity index (χ3n) is 2.38. The molecule has 86 valence electrons. The topological polar surface area (TPSA) is 45.0 Å². The van der Waals surface area contributed by atoms with Crippen molar-refractivity contribution >= 4 is 18.1 Å². The molecule has 1 rings (SSSR count). The Kier molecular flexibility index (Phi) is 4.17. The summed E-state index contributed by atoms with van der Waals surface area (Å²) in [5, 5.41) is 0. The lowest BCUT2D eigenvalue weighted by atomic mass is 10.2. The van der Waals surface area contributed by atoms with Gasteiger partial charge in [0.15, 0.2) is 0 Å². The molecule has 0 unspecified atom stereocenters. The van der Waals surface area contributed by atoms with Gasteiger partial charge in [-0.25, -0.2) is 9.98 Å². The first-order chi connectivity index (χ1) is 7.56. The number of hydrogen-bond acceptors (Lipinski definition) is 3. The summed E-state index contributed by atoms with van der Waals surface area (Å²) < 4.78 is 0. The first-order valence-electron chi connectivity index (χ1n) is 5.31. The summed E-state index contributed by atoms with van der Waals surface area (Å²) in [6.45, 7) is 7.42. The van der Waals surface area contributed by atoms with Gasteiger partial charge in [0.25, 0.3) is 0 Å². The van der Waals surface area contributed by atoms with Crippen molar-refractivity contribution in [1.29, 1.82) is 0 Å². The second kappa shape index (κ2) is 5.39. The summed E-state index contributed by atoms with van der Waals surface area (Å²) >= 11 is 0. The maximum atomic E-state index is 11.4. The van der Waals surface area contributed by atoms with Gasteiger partial charge in [-0.05, 0) is 26.3 Å². The fraction of sp³-hybridized carbons (Fsp3) is 0.417. The highest BCUT2D eigenvalue weighted by atomic mass is 16.2. The molecule has 0 saturated heterocycles. The zero-order valence-corrected chi connectivity index (χ0v) is 10.2. The van der Waals surface area contributed by atoms with Crippen LogP contribution in [0.4, 0.5) is 0 Å². The first-order valence-corrected chi connectivity index (χ1v) is 5.31. The molecule has 1 heterocycles. The smallest absolute Gasteiger partial charge is 0.230 e. The number of amides is 1. The Balaban J connectivity index is 3.00. The number of aliphatic imine (C=N–C) groups is 2. The van der Waals surface area contributed by atoms with Crippen LogP contribution in [0.25, 0.3) is 0 Å². The van der Waals surface area contributed by atoms with E-state index in [9.17, 15) is 4.79 Å². The van der Waals surface area contributed by atoms with E-state index in [0.29, 0.717) is 11.7 Å². The average Bonchev–Trinajstić information content (AvgIpc) is 2.25. The zero-order chi connectivity index (χ0) is 12.1. The Labute approximate surface area is 96.1 Å². The SMILES string of the molecule is CC/C(C)=C/C=C1/N=CN=C(C)N1C(C)=O. The predicted octanol–water partition coefficient (Wildman–Crippen LogP) is 2.49. The van der Waals surface area contributed by atoms with Gasteiger partial charge in [0.05, 0.1) is 0 Å². The predicted molar refractivity (Wildman–Crippen MR) is 66.3 cm³/mol. The van der Waals surface area contributed by atoms with Crippen LogP contribution in [-0.4, -0.2) is 23.0 Å². The Bertz CT molecular complexity index is 402. The molecule has 0 aromatic carbocycles. The van der Waals surface area contributed by atoms with Gasteiger partial charge < -0.3 is 0 Å². The van der Waals surface area contributed by atoms with Crippen molar-refractivity contribution in [3.8, 4) is 0 Å². The second-order valence-electron chi connectivity index (χ2n) is 3.67. The van der Waals surface area contributed by atoms with E-state index in [2.05, 4.69) is 16.9 Å². The van der Waals surface area contributed by atoms with E-state index in [0.717, 1.165) is 6.42 Å². The summed E-state index contributed by atoms with van der Waals surface area (Å²) in [6.07, 6.45) is 6.27. The molecule has 0 saturated carbocycles. The van der Waals surface area contributed by atoms with E-state index < -0.39 is 0 Å². The molecule has 1 aliphatic rings. The van der Waals surface area contributed by atoms with Crippen LogP contribution in [0.3, 0.4) is 0 Å². The van der Waals surface area contributed by atoms with Crippen LogP contribution in [0.5, 0.6) is 0 Å². The normalized spacial score (nSPS) is 19.0. The summed E-state index contributed by atoms with van der Waals surface area (Å²) in [7, 11) is 0. The molecule has 0 radical (unpaired) electrons. The third kappa shape index (κ3) is 2.89. The summed E-state index contributed by atoms with van der Waals surface area (Å²) in [5.41, 5.74) is 1.24. The van der Waals surface area contributed by atoms with Crippen molar-refractivity contribution in [2.24, 2.45) is 9.98 Å². The number of carbonyl (C=O) groups excluding carboxylic acids is 1. The highest BCUT2D eigenvalue weighted by Crippen LogP contribution is 2.12. The fourth-order valence-corrected chi connectivity index (χ4v) is 1.29. The van der Waals surface area contributed by atoms with Crippen LogP contribution < -0.4 is 0 Å². The molecule has 0 bridgehead atoms. The highest BCUT2D eigenvalue weighted by molar-refractivity contribution is 6.02. The van der Waals surface area contributed by atoms with Crippen molar-refractivity contribution in [2.75, 3.05) is 0 Å². The van der Waals surface area contributed by atoms with Gasteiger partial charge in [-0.1, -0.05) is 18.6 Å². The lowest BCUT2D eigenvalue weighted by molar-refractivity contribution is -0.123. The maximum absolute atomic E-state index is 11.4. The van der Waals surface area contributed by atoms with E-state index in [4.69, 9.17) is 0 Å². The molecule has 0 aliphatic carbocycles. The van der Waals surface area contributed by atoms with Crippen LogP contribution in [0, 0.1) is 0 Å². The monoisotopic (exact) mass is 219 g/mol. The van der Waals surface area contributed by atoms with Gasteiger partial charge in [0.2, 0.25) is 5.91 Å². The van der Waals surface area contributed by atoms with Crippen LogP contribution in [-0.2, 0) is 4.79 Å². The van der Waals surface area contributed by atoms with Crippen molar-refractivity contribution in [2.45, 2.75) is 34.1 Å². The van der Waals surface area contributed by atoms with E-state index in [1.807, 2.05) is 19.1 Å².